The van der Waals surface area contributed by atoms with Crippen LogP contribution in [0.15, 0.2) is 6.07 Å². The molecule has 7 nitrogen and oxygen atoms in total. The zero-order valence-corrected chi connectivity index (χ0v) is 9.43. The fourth-order valence-electron chi connectivity index (χ4n) is 1.23. The topological polar surface area (TPSA) is 94.5 Å². The second kappa shape index (κ2) is 4.65. The molecule has 7 heteroatoms. The first-order valence-electron chi connectivity index (χ1n) is 4.71. The van der Waals surface area contributed by atoms with Gasteiger partial charge in [-0.05, 0) is 6.92 Å². The number of hydrogen-bond donors (Lipinski definition) is 1. The monoisotopic (exact) mass is 226 g/mol. The van der Waals surface area contributed by atoms with Gasteiger partial charge in [0.15, 0.2) is 5.82 Å². The van der Waals surface area contributed by atoms with Crippen molar-refractivity contribution in [3.63, 3.8) is 0 Å². The summed E-state index contributed by atoms with van der Waals surface area (Å²) >= 11 is 0. The van der Waals surface area contributed by atoms with Gasteiger partial charge in [-0.25, -0.2) is 0 Å². The van der Waals surface area contributed by atoms with Crippen LogP contribution in [-0.2, 0) is 0 Å². The molecule has 1 heterocycles. The third kappa shape index (κ3) is 2.13. The first kappa shape index (κ1) is 12.0. The number of ether oxygens (including phenoxy) is 1. The first-order valence-corrected chi connectivity index (χ1v) is 4.71. The Morgan fingerprint density at radius 2 is 2.31 bits per heavy atom. The zero-order valence-electron chi connectivity index (χ0n) is 9.43. The number of methoxy groups -OCH3 is 1. The van der Waals surface area contributed by atoms with Crippen LogP contribution in [0.3, 0.4) is 0 Å². The van der Waals surface area contributed by atoms with Crippen molar-refractivity contribution >= 4 is 17.2 Å². The summed E-state index contributed by atoms with van der Waals surface area (Å²) in [5.74, 6) is 0.444. The van der Waals surface area contributed by atoms with Gasteiger partial charge in [-0.3, -0.25) is 10.1 Å². The molecule has 16 heavy (non-hydrogen) atoms. The summed E-state index contributed by atoms with van der Waals surface area (Å²) in [4.78, 5) is 15.9. The second-order valence-electron chi connectivity index (χ2n) is 3.20. The Morgan fingerprint density at radius 1 is 1.69 bits per heavy atom. The van der Waals surface area contributed by atoms with Gasteiger partial charge in [0.05, 0.1) is 17.7 Å². The Bertz CT molecular complexity index is 408. The predicted molar refractivity (Wildman–Crippen MR) is 60.8 cm³/mol. The highest BCUT2D eigenvalue weighted by molar-refractivity contribution is 5.68. The standard InChI is InChI=1S/C9H14N4O3/c1-4-12(2)8-6(10)5-7(13(14)15)9(11-8)16-3/h5H,4,10H2,1-3H3. The molecule has 88 valence electrons. The first-order chi connectivity index (χ1) is 7.51. The minimum atomic E-state index is -0.572. The molecular weight excluding hydrogens is 212 g/mol. The van der Waals surface area contributed by atoms with E-state index in [0.717, 1.165) is 0 Å². The zero-order chi connectivity index (χ0) is 12.3. The molecule has 0 bridgehead atoms. The Morgan fingerprint density at radius 3 is 2.75 bits per heavy atom. The molecule has 0 aromatic carbocycles. The van der Waals surface area contributed by atoms with Crippen LogP contribution in [0.2, 0.25) is 0 Å². The molecule has 0 spiro atoms. The van der Waals surface area contributed by atoms with Gasteiger partial charge in [-0.15, -0.1) is 0 Å². The van der Waals surface area contributed by atoms with Gasteiger partial charge < -0.3 is 15.4 Å². The summed E-state index contributed by atoms with van der Waals surface area (Å²) < 4.78 is 4.86. The van der Waals surface area contributed by atoms with E-state index in [1.165, 1.54) is 13.2 Å². The van der Waals surface area contributed by atoms with Gasteiger partial charge >= 0.3 is 5.69 Å². The molecular formula is C9H14N4O3. The van der Waals surface area contributed by atoms with Gasteiger partial charge in [0, 0.05) is 19.7 Å². The molecule has 2 N–H and O–H groups in total. The lowest BCUT2D eigenvalue weighted by Gasteiger charge is -2.17. The van der Waals surface area contributed by atoms with E-state index in [1.807, 2.05) is 6.92 Å². The van der Waals surface area contributed by atoms with E-state index in [-0.39, 0.29) is 17.3 Å². The van der Waals surface area contributed by atoms with Crippen LogP contribution in [0.5, 0.6) is 5.88 Å². The number of nitrogens with two attached hydrogens (primary N) is 1. The van der Waals surface area contributed by atoms with Crippen LogP contribution in [-0.4, -0.2) is 30.6 Å². The van der Waals surface area contributed by atoms with Gasteiger partial charge in [-0.2, -0.15) is 4.98 Å². The number of anilines is 2. The van der Waals surface area contributed by atoms with E-state index in [0.29, 0.717) is 12.4 Å². The van der Waals surface area contributed by atoms with Crippen LogP contribution in [0.1, 0.15) is 6.92 Å². The molecule has 0 aliphatic heterocycles. The van der Waals surface area contributed by atoms with Crippen molar-refractivity contribution in [2.75, 3.05) is 31.3 Å². The maximum Gasteiger partial charge on any atom is 0.333 e. The summed E-state index contributed by atoms with van der Waals surface area (Å²) in [6.45, 7) is 2.62. The average Bonchev–Trinajstić information content (AvgIpc) is 2.27. The number of nitrogen functional groups attached to an aromatic ring is 1. The Kier molecular flexibility index (Phi) is 3.49. The van der Waals surface area contributed by atoms with Crippen molar-refractivity contribution < 1.29 is 9.66 Å². The van der Waals surface area contributed by atoms with Gasteiger partial charge in [0.25, 0.3) is 5.88 Å². The maximum atomic E-state index is 10.7. The van der Waals surface area contributed by atoms with Gasteiger partial charge in [0.2, 0.25) is 0 Å². The highest BCUT2D eigenvalue weighted by Gasteiger charge is 2.20. The smallest absolute Gasteiger partial charge is 0.333 e. The average molecular weight is 226 g/mol. The van der Waals surface area contributed by atoms with E-state index < -0.39 is 4.92 Å². The van der Waals surface area contributed by atoms with E-state index in [2.05, 4.69) is 4.98 Å². The Labute approximate surface area is 93.0 Å². The summed E-state index contributed by atoms with van der Waals surface area (Å²) in [6.07, 6.45) is 0. The van der Waals surface area contributed by atoms with Crippen molar-refractivity contribution in [1.29, 1.82) is 0 Å². The lowest BCUT2D eigenvalue weighted by Crippen LogP contribution is -2.19. The van der Waals surface area contributed by atoms with Crippen LogP contribution in [0, 0.1) is 10.1 Å². The van der Waals surface area contributed by atoms with Crippen molar-refractivity contribution in [3.8, 4) is 5.88 Å². The molecule has 0 saturated carbocycles. The number of nitro groups is 1. The molecule has 0 fully saturated rings. The number of hydrogen-bond acceptors (Lipinski definition) is 6. The fraction of sp³-hybridized carbons (Fsp3) is 0.444. The minimum absolute atomic E-state index is 0.0329. The van der Waals surface area contributed by atoms with Crippen molar-refractivity contribution in [2.45, 2.75) is 6.92 Å². The summed E-state index contributed by atoms with van der Waals surface area (Å²) in [5.41, 5.74) is 5.73. The predicted octanol–water partition coefficient (Wildman–Crippen LogP) is 1.04. The lowest BCUT2D eigenvalue weighted by atomic mass is 10.3. The van der Waals surface area contributed by atoms with Crippen LogP contribution < -0.4 is 15.4 Å². The van der Waals surface area contributed by atoms with Crippen LogP contribution in [0.4, 0.5) is 17.2 Å². The second-order valence-corrected chi connectivity index (χ2v) is 3.20. The molecule has 0 radical (unpaired) electrons. The van der Waals surface area contributed by atoms with Gasteiger partial charge in [-0.1, -0.05) is 0 Å². The van der Waals surface area contributed by atoms with Gasteiger partial charge in [0.1, 0.15) is 0 Å². The molecule has 1 aromatic rings. The largest absolute Gasteiger partial charge is 0.476 e. The van der Waals surface area contributed by atoms with E-state index in [1.54, 1.807) is 11.9 Å². The maximum absolute atomic E-state index is 10.7. The van der Waals surface area contributed by atoms with Crippen LogP contribution >= 0.6 is 0 Å². The molecule has 0 unspecified atom stereocenters. The minimum Gasteiger partial charge on any atom is -0.476 e. The van der Waals surface area contributed by atoms with Crippen LogP contribution in [0.25, 0.3) is 0 Å². The normalized spacial score (nSPS) is 9.94. The third-order valence-corrected chi connectivity index (χ3v) is 2.20. The highest BCUT2D eigenvalue weighted by Crippen LogP contribution is 2.32. The molecule has 0 amide bonds. The fourth-order valence-corrected chi connectivity index (χ4v) is 1.23. The number of nitrogens with zero attached hydrogens (tertiary/aromatic N) is 3. The summed E-state index contributed by atoms with van der Waals surface area (Å²) in [6, 6.07) is 1.26. The number of pyridine rings is 1. The lowest BCUT2D eigenvalue weighted by molar-refractivity contribution is -0.386. The third-order valence-electron chi connectivity index (χ3n) is 2.20. The quantitative estimate of drug-likeness (QED) is 0.608. The molecule has 1 rings (SSSR count). The number of aromatic nitrogens is 1. The Balaban J connectivity index is 3.31. The van der Waals surface area contributed by atoms with E-state index >= 15 is 0 Å². The SMILES string of the molecule is CCN(C)c1nc(OC)c([N+](=O)[O-])cc1N. The van der Waals surface area contributed by atoms with Crippen molar-refractivity contribution in [1.82, 2.24) is 4.98 Å². The Hall–Kier alpha value is -2.05. The summed E-state index contributed by atoms with van der Waals surface area (Å²) in [7, 11) is 3.13. The molecule has 0 saturated heterocycles. The molecule has 0 atom stereocenters. The van der Waals surface area contributed by atoms with Crippen molar-refractivity contribution in [2.24, 2.45) is 0 Å². The van der Waals surface area contributed by atoms with E-state index in [4.69, 9.17) is 10.5 Å². The number of rotatable bonds is 4. The molecule has 0 aliphatic rings. The van der Waals surface area contributed by atoms with E-state index in [9.17, 15) is 10.1 Å². The molecule has 1 aromatic heterocycles. The van der Waals surface area contributed by atoms with Crippen molar-refractivity contribution in [3.05, 3.63) is 16.2 Å². The summed E-state index contributed by atoms with van der Waals surface area (Å²) in [5, 5.41) is 10.7. The molecule has 0 aliphatic carbocycles. The highest BCUT2D eigenvalue weighted by atomic mass is 16.6.